The first-order valence-corrected chi connectivity index (χ1v) is 7.71. The topological polar surface area (TPSA) is 45.2 Å². The van der Waals surface area contributed by atoms with Gasteiger partial charge in [0.1, 0.15) is 5.01 Å². The van der Waals surface area contributed by atoms with Gasteiger partial charge in [0.25, 0.3) is 0 Å². The smallest absolute Gasteiger partial charge is 0.222 e. The maximum Gasteiger partial charge on any atom is 0.222 e. The highest BCUT2D eigenvalue weighted by Gasteiger charge is 2.20. The van der Waals surface area contributed by atoms with E-state index in [0.29, 0.717) is 6.42 Å². The second-order valence-electron chi connectivity index (χ2n) is 4.91. The third kappa shape index (κ3) is 3.35. The lowest BCUT2D eigenvalue weighted by atomic mass is 10.2. The number of rotatable bonds is 6. The minimum atomic E-state index is 0.0227. The summed E-state index contributed by atoms with van der Waals surface area (Å²) in [5.74, 6) is 0.173. The molecule has 1 amide bonds. The van der Waals surface area contributed by atoms with E-state index in [1.807, 2.05) is 39.2 Å². The van der Waals surface area contributed by atoms with Crippen LogP contribution in [-0.2, 0) is 4.79 Å². The number of benzene rings is 1. The number of carbonyl (C=O) groups excluding carboxylic acids is 1. The number of hydrogen-bond donors (Lipinski definition) is 1. The Kier molecular flexibility index (Phi) is 5.09. The largest absolute Gasteiger partial charge is 0.337 e. The monoisotopic (exact) mass is 291 g/mol. The molecule has 0 bridgehead atoms. The zero-order valence-electron chi connectivity index (χ0n) is 12.2. The molecular weight excluding hydrogens is 270 g/mol. The molecule has 1 atom stereocenters. The van der Waals surface area contributed by atoms with Gasteiger partial charge in [-0.2, -0.15) is 0 Å². The molecule has 1 aromatic heterocycles. The molecule has 0 aliphatic rings. The van der Waals surface area contributed by atoms with Gasteiger partial charge in [-0.3, -0.25) is 4.79 Å². The Morgan fingerprint density at radius 1 is 1.45 bits per heavy atom. The molecule has 2 rings (SSSR count). The highest BCUT2D eigenvalue weighted by molar-refractivity contribution is 7.18. The summed E-state index contributed by atoms with van der Waals surface area (Å²) in [4.78, 5) is 18.5. The van der Waals surface area contributed by atoms with E-state index >= 15 is 0 Å². The minimum absolute atomic E-state index is 0.0227. The van der Waals surface area contributed by atoms with E-state index in [-0.39, 0.29) is 11.9 Å². The van der Waals surface area contributed by atoms with Crippen LogP contribution in [0.4, 0.5) is 0 Å². The van der Waals surface area contributed by atoms with Crippen LogP contribution < -0.4 is 5.32 Å². The molecule has 4 nitrogen and oxygen atoms in total. The molecule has 1 unspecified atom stereocenters. The molecule has 1 heterocycles. The normalized spacial score (nSPS) is 12.6. The fourth-order valence-corrected chi connectivity index (χ4v) is 3.11. The molecule has 1 N–H and O–H groups in total. The average molecular weight is 291 g/mol. The van der Waals surface area contributed by atoms with Crippen LogP contribution in [0.2, 0.25) is 0 Å². The lowest BCUT2D eigenvalue weighted by molar-refractivity contribution is -0.131. The SMILES string of the molecule is CNCCCC(=O)N(C)C(C)c1nc2ccccc2s1. The van der Waals surface area contributed by atoms with Gasteiger partial charge < -0.3 is 10.2 Å². The average Bonchev–Trinajstić information content (AvgIpc) is 2.89. The van der Waals surface area contributed by atoms with Crippen LogP contribution in [0.15, 0.2) is 24.3 Å². The summed E-state index contributed by atoms with van der Waals surface area (Å²) in [6.45, 7) is 2.91. The molecule has 0 radical (unpaired) electrons. The molecule has 2 aromatic rings. The minimum Gasteiger partial charge on any atom is -0.337 e. The summed E-state index contributed by atoms with van der Waals surface area (Å²) in [5.41, 5.74) is 1.01. The Labute approximate surface area is 123 Å². The van der Waals surface area contributed by atoms with Gasteiger partial charge in [-0.05, 0) is 39.1 Å². The number of amides is 1. The van der Waals surface area contributed by atoms with E-state index < -0.39 is 0 Å². The van der Waals surface area contributed by atoms with Crippen molar-refractivity contribution in [2.75, 3.05) is 20.6 Å². The molecule has 5 heteroatoms. The van der Waals surface area contributed by atoms with Crippen LogP contribution in [-0.4, -0.2) is 36.4 Å². The molecular formula is C15H21N3OS. The molecule has 0 fully saturated rings. The number of carbonyl (C=O) groups is 1. The van der Waals surface area contributed by atoms with Crippen LogP contribution in [0, 0.1) is 0 Å². The van der Waals surface area contributed by atoms with Gasteiger partial charge in [0.2, 0.25) is 5.91 Å². The van der Waals surface area contributed by atoms with Crippen molar-refractivity contribution < 1.29 is 4.79 Å². The first kappa shape index (κ1) is 14.9. The molecule has 0 saturated heterocycles. The first-order valence-electron chi connectivity index (χ1n) is 6.89. The van der Waals surface area contributed by atoms with Gasteiger partial charge in [-0.1, -0.05) is 12.1 Å². The molecule has 1 aromatic carbocycles. The Morgan fingerprint density at radius 3 is 2.90 bits per heavy atom. The second kappa shape index (κ2) is 6.81. The number of fused-ring (bicyclic) bond motifs is 1. The molecule has 0 spiro atoms. The highest BCUT2D eigenvalue weighted by Crippen LogP contribution is 2.29. The van der Waals surface area contributed by atoms with Crippen LogP contribution in [0.25, 0.3) is 10.2 Å². The van der Waals surface area contributed by atoms with Crippen LogP contribution in [0.5, 0.6) is 0 Å². The van der Waals surface area contributed by atoms with Crippen molar-refractivity contribution in [1.82, 2.24) is 15.2 Å². The van der Waals surface area contributed by atoms with Gasteiger partial charge in [0.05, 0.1) is 16.3 Å². The van der Waals surface area contributed by atoms with E-state index in [4.69, 9.17) is 0 Å². The molecule has 20 heavy (non-hydrogen) atoms. The number of nitrogens with zero attached hydrogens (tertiary/aromatic N) is 2. The van der Waals surface area contributed by atoms with Crippen molar-refractivity contribution in [3.05, 3.63) is 29.3 Å². The van der Waals surface area contributed by atoms with Crippen LogP contribution >= 0.6 is 11.3 Å². The Balaban J connectivity index is 2.05. The number of aromatic nitrogens is 1. The molecule has 0 aliphatic heterocycles. The maximum atomic E-state index is 12.1. The highest BCUT2D eigenvalue weighted by atomic mass is 32.1. The number of hydrogen-bond acceptors (Lipinski definition) is 4. The Bertz CT molecular complexity index is 548. The number of nitrogens with one attached hydrogen (secondary N) is 1. The third-order valence-electron chi connectivity index (χ3n) is 3.46. The van der Waals surface area contributed by atoms with E-state index in [9.17, 15) is 4.79 Å². The Hall–Kier alpha value is -1.46. The molecule has 108 valence electrons. The van der Waals surface area contributed by atoms with Crippen LogP contribution in [0.3, 0.4) is 0 Å². The van der Waals surface area contributed by atoms with Crippen molar-refractivity contribution >= 4 is 27.5 Å². The number of para-hydroxylation sites is 1. The summed E-state index contributed by atoms with van der Waals surface area (Å²) in [6.07, 6.45) is 1.44. The number of thiazole rings is 1. The predicted octanol–water partition coefficient (Wildman–Crippen LogP) is 2.82. The van der Waals surface area contributed by atoms with Gasteiger partial charge in [0, 0.05) is 13.5 Å². The quantitative estimate of drug-likeness (QED) is 0.832. The zero-order chi connectivity index (χ0) is 14.5. The van der Waals surface area contributed by atoms with E-state index in [1.54, 1.807) is 16.2 Å². The van der Waals surface area contributed by atoms with Gasteiger partial charge in [-0.15, -0.1) is 11.3 Å². The standard InChI is InChI=1S/C15H21N3OS/c1-11(18(3)14(19)9-6-10-16-2)15-17-12-7-4-5-8-13(12)20-15/h4-5,7-8,11,16H,6,9-10H2,1-3H3. The fraction of sp³-hybridized carbons (Fsp3) is 0.467. The molecule has 0 saturated carbocycles. The van der Waals surface area contributed by atoms with E-state index in [1.165, 1.54) is 4.70 Å². The Morgan fingerprint density at radius 2 is 2.20 bits per heavy atom. The van der Waals surface area contributed by atoms with Crippen molar-refractivity contribution in [2.45, 2.75) is 25.8 Å². The summed E-state index contributed by atoms with van der Waals surface area (Å²) in [5, 5.41) is 4.06. The first-order chi connectivity index (χ1) is 9.63. The van der Waals surface area contributed by atoms with Crippen molar-refractivity contribution in [3.8, 4) is 0 Å². The zero-order valence-corrected chi connectivity index (χ0v) is 13.0. The van der Waals surface area contributed by atoms with Gasteiger partial charge in [-0.25, -0.2) is 4.98 Å². The second-order valence-corrected chi connectivity index (χ2v) is 5.97. The summed E-state index contributed by atoms with van der Waals surface area (Å²) in [6, 6.07) is 8.11. The predicted molar refractivity (Wildman–Crippen MR) is 84.0 cm³/mol. The fourth-order valence-electron chi connectivity index (χ4n) is 2.04. The summed E-state index contributed by atoms with van der Waals surface area (Å²) < 4.78 is 1.17. The van der Waals surface area contributed by atoms with Crippen LogP contribution in [0.1, 0.15) is 30.8 Å². The summed E-state index contributed by atoms with van der Waals surface area (Å²) in [7, 11) is 3.76. The van der Waals surface area contributed by atoms with Crippen molar-refractivity contribution in [2.24, 2.45) is 0 Å². The van der Waals surface area contributed by atoms with E-state index in [0.717, 1.165) is 23.5 Å². The molecule has 0 aliphatic carbocycles. The van der Waals surface area contributed by atoms with Gasteiger partial charge >= 0.3 is 0 Å². The van der Waals surface area contributed by atoms with Crippen molar-refractivity contribution in [1.29, 1.82) is 0 Å². The third-order valence-corrected chi connectivity index (χ3v) is 4.67. The lowest BCUT2D eigenvalue weighted by Gasteiger charge is -2.23. The van der Waals surface area contributed by atoms with Gasteiger partial charge in [0.15, 0.2) is 0 Å². The van der Waals surface area contributed by atoms with Crippen molar-refractivity contribution in [3.63, 3.8) is 0 Å². The van der Waals surface area contributed by atoms with E-state index in [2.05, 4.69) is 16.4 Å². The lowest BCUT2D eigenvalue weighted by Crippen LogP contribution is -2.29. The summed E-state index contributed by atoms with van der Waals surface area (Å²) >= 11 is 1.66. The maximum absolute atomic E-state index is 12.1.